The summed E-state index contributed by atoms with van der Waals surface area (Å²) >= 11 is 1.76. The van der Waals surface area contributed by atoms with E-state index in [2.05, 4.69) is 22.4 Å². The van der Waals surface area contributed by atoms with E-state index in [-0.39, 0.29) is 0 Å². The van der Waals surface area contributed by atoms with Gasteiger partial charge in [0.1, 0.15) is 10.8 Å². The molecule has 1 aromatic carbocycles. The first kappa shape index (κ1) is 13.6. The number of hydrogen-bond acceptors (Lipinski definition) is 4. The smallest absolute Gasteiger partial charge is 0.119 e. The van der Waals surface area contributed by atoms with Gasteiger partial charge in [0.2, 0.25) is 0 Å². The number of benzene rings is 1. The third-order valence-electron chi connectivity index (χ3n) is 3.80. The molecule has 0 saturated heterocycles. The van der Waals surface area contributed by atoms with E-state index in [0.717, 1.165) is 17.3 Å². The van der Waals surface area contributed by atoms with Gasteiger partial charge < -0.3 is 10.1 Å². The first-order chi connectivity index (χ1) is 9.85. The summed E-state index contributed by atoms with van der Waals surface area (Å²) in [5.74, 6) is 0.890. The lowest BCUT2D eigenvalue weighted by molar-refractivity contribution is 0.415. The van der Waals surface area contributed by atoms with E-state index in [4.69, 9.17) is 4.74 Å². The summed E-state index contributed by atoms with van der Waals surface area (Å²) in [7, 11) is 1.70. The van der Waals surface area contributed by atoms with Crippen LogP contribution < -0.4 is 10.1 Å². The molecule has 0 unspecified atom stereocenters. The molecule has 1 heterocycles. The molecule has 3 nitrogen and oxygen atoms in total. The number of thiazole rings is 1. The molecule has 2 aromatic rings. The minimum Gasteiger partial charge on any atom is -0.497 e. The van der Waals surface area contributed by atoms with Crippen LogP contribution in [0.1, 0.15) is 30.7 Å². The molecule has 0 spiro atoms. The molecule has 1 aliphatic carbocycles. The van der Waals surface area contributed by atoms with Crippen molar-refractivity contribution in [1.29, 1.82) is 0 Å². The second-order valence-electron chi connectivity index (χ2n) is 5.21. The highest BCUT2D eigenvalue weighted by molar-refractivity contribution is 7.15. The summed E-state index contributed by atoms with van der Waals surface area (Å²) in [5, 5.41) is 4.77. The molecule has 1 aliphatic rings. The summed E-state index contributed by atoms with van der Waals surface area (Å²) in [5.41, 5.74) is 1.17. The fourth-order valence-electron chi connectivity index (χ4n) is 2.66. The molecule has 1 aromatic heterocycles. The predicted octanol–water partition coefficient (Wildman–Crippen LogP) is 3.85. The van der Waals surface area contributed by atoms with Gasteiger partial charge in [0.25, 0.3) is 0 Å². The largest absolute Gasteiger partial charge is 0.497 e. The van der Waals surface area contributed by atoms with Crippen molar-refractivity contribution in [3.05, 3.63) is 35.5 Å². The highest BCUT2D eigenvalue weighted by atomic mass is 32.1. The molecule has 0 bridgehead atoms. The first-order valence-electron chi connectivity index (χ1n) is 7.17. The monoisotopic (exact) mass is 288 g/mol. The van der Waals surface area contributed by atoms with E-state index in [1.807, 2.05) is 18.3 Å². The lowest BCUT2D eigenvalue weighted by atomic mass is 10.2. The van der Waals surface area contributed by atoms with Gasteiger partial charge in [-0.25, -0.2) is 4.98 Å². The minimum atomic E-state index is 0.694. The lowest BCUT2D eigenvalue weighted by Crippen LogP contribution is -2.25. The average Bonchev–Trinajstić information content (AvgIpc) is 3.16. The van der Waals surface area contributed by atoms with Crippen LogP contribution in [0.2, 0.25) is 0 Å². The number of ether oxygens (including phenoxy) is 1. The van der Waals surface area contributed by atoms with Gasteiger partial charge in [-0.1, -0.05) is 25.0 Å². The normalized spacial score (nSPS) is 15.7. The van der Waals surface area contributed by atoms with Crippen LogP contribution in [0.5, 0.6) is 5.75 Å². The van der Waals surface area contributed by atoms with Crippen LogP contribution in [-0.4, -0.2) is 18.1 Å². The van der Waals surface area contributed by atoms with Crippen molar-refractivity contribution in [3.63, 3.8) is 0 Å². The maximum atomic E-state index is 5.27. The molecule has 1 N–H and O–H groups in total. The molecule has 0 atom stereocenters. The molecule has 1 fully saturated rings. The topological polar surface area (TPSA) is 34.1 Å². The number of methoxy groups -OCH3 is 1. The van der Waals surface area contributed by atoms with E-state index in [1.165, 1.54) is 36.1 Å². The van der Waals surface area contributed by atoms with Crippen LogP contribution in [0.3, 0.4) is 0 Å². The Hall–Kier alpha value is -1.39. The SMILES string of the molecule is COc1cccc(-c2cnc(CNC3CCCC3)s2)c1. The van der Waals surface area contributed by atoms with Crippen molar-refractivity contribution in [3.8, 4) is 16.2 Å². The zero-order valence-corrected chi connectivity index (χ0v) is 12.6. The second kappa shape index (κ2) is 6.37. The third-order valence-corrected chi connectivity index (χ3v) is 4.85. The lowest BCUT2D eigenvalue weighted by Gasteiger charge is -2.09. The van der Waals surface area contributed by atoms with Crippen molar-refractivity contribution >= 4 is 11.3 Å². The van der Waals surface area contributed by atoms with Gasteiger partial charge in [-0.2, -0.15) is 0 Å². The summed E-state index contributed by atoms with van der Waals surface area (Å²) in [4.78, 5) is 5.73. The Morgan fingerprint density at radius 2 is 2.20 bits per heavy atom. The predicted molar refractivity (Wildman–Crippen MR) is 83.2 cm³/mol. The van der Waals surface area contributed by atoms with E-state index in [9.17, 15) is 0 Å². The van der Waals surface area contributed by atoms with E-state index >= 15 is 0 Å². The van der Waals surface area contributed by atoms with Gasteiger partial charge in [-0.15, -0.1) is 11.3 Å². The molecular formula is C16H20N2OS. The van der Waals surface area contributed by atoms with Crippen molar-refractivity contribution in [2.45, 2.75) is 38.3 Å². The summed E-state index contributed by atoms with van der Waals surface area (Å²) in [6.07, 6.45) is 7.32. The van der Waals surface area contributed by atoms with Crippen molar-refractivity contribution < 1.29 is 4.74 Å². The Labute approximate surface area is 124 Å². The zero-order chi connectivity index (χ0) is 13.8. The third kappa shape index (κ3) is 3.19. The van der Waals surface area contributed by atoms with Crippen molar-refractivity contribution in [2.24, 2.45) is 0 Å². The quantitative estimate of drug-likeness (QED) is 0.907. The van der Waals surface area contributed by atoms with Gasteiger partial charge >= 0.3 is 0 Å². The van der Waals surface area contributed by atoms with Gasteiger partial charge in [-0.05, 0) is 30.5 Å². The summed E-state index contributed by atoms with van der Waals surface area (Å²) < 4.78 is 5.27. The molecule has 0 amide bonds. The Kier molecular flexibility index (Phi) is 4.33. The molecule has 20 heavy (non-hydrogen) atoms. The zero-order valence-electron chi connectivity index (χ0n) is 11.8. The molecule has 3 rings (SSSR count). The van der Waals surface area contributed by atoms with Crippen LogP contribution in [-0.2, 0) is 6.54 Å². The Morgan fingerprint density at radius 1 is 1.35 bits per heavy atom. The number of rotatable bonds is 5. The van der Waals surface area contributed by atoms with Crippen LogP contribution in [0.15, 0.2) is 30.5 Å². The fraction of sp³-hybridized carbons (Fsp3) is 0.438. The first-order valence-corrected chi connectivity index (χ1v) is 7.99. The standard InChI is InChI=1S/C16H20N2OS/c1-19-14-8-4-5-12(9-14)15-10-18-16(20-15)11-17-13-6-2-3-7-13/h4-5,8-10,13,17H,2-3,6-7,11H2,1H3. The van der Waals surface area contributed by atoms with E-state index in [0.29, 0.717) is 6.04 Å². The van der Waals surface area contributed by atoms with Crippen molar-refractivity contribution in [1.82, 2.24) is 10.3 Å². The summed E-state index contributed by atoms with van der Waals surface area (Å²) in [6, 6.07) is 8.84. The van der Waals surface area contributed by atoms with Crippen LogP contribution >= 0.6 is 11.3 Å². The van der Waals surface area contributed by atoms with Crippen LogP contribution in [0.4, 0.5) is 0 Å². The summed E-state index contributed by atoms with van der Waals surface area (Å²) in [6.45, 7) is 0.888. The Bertz CT molecular complexity index is 561. The van der Waals surface area contributed by atoms with Gasteiger partial charge in [0.15, 0.2) is 0 Å². The Morgan fingerprint density at radius 3 is 3.00 bits per heavy atom. The van der Waals surface area contributed by atoms with Gasteiger partial charge in [0, 0.05) is 18.8 Å². The Balaban J connectivity index is 1.66. The van der Waals surface area contributed by atoms with Crippen molar-refractivity contribution in [2.75, 3.05) is 7.11 Å². The molecule has 1 saturated carbocycles. The van der Waals surface area contributed by atoms with Gasteiger partial charge in [0.05, 0.1) is 12.0 Å². The number of hydrogen-bond donors (Lipinski definition) is 1. The van der Waals surface area contributed by atoms with Gasteiger partial charge in [-0.3, -0.25) is 0 Å². The minimum absolute atomic E-state index is 0.694. The highest BCUT2D eigenvalue weighted by Gasteiger charge is 2.14. The number of nitrogens with zero attached hydrogens (tertiary/aromatic N) is 1. The maximum absolute atomic E-state index is 5.27. The van der Waals surface area contributed by atoms with E-state index in [1.54, 1.807) is 18.4 Å². The molecule has 0 radical (unpaired) electrons. The van der Waals surface area contributed by atoms with E-state index < -0.39 is 0 Å². The molecule has 4 heteroatoms. The number of nitrogens with one attached hydrogen (secondary N) is 1. The molecule has 0 aliphatic heterocycles. The molecule has 106 valence electrons. The number of aromatic nitrogens is 1. The maximum Gasteiger partial charge on any atom is 0.119 e. The van der Waals surface area contributed by atoms with Crippen LogP contribution in [0, 0.1) is 0 Å². The fourth-order valence-corrected chi connectivity index (χ4v) is 3.53. The van der Waals surface area contributed by atoms with Crippen LogP contribution in [0.25, 0.3) is 10.4 Å². The molecular weight excluding hydrogens is 268 g/mol. The highest BCUT2D eigenvalue weighted by Crippen LogP contribution is 2.29. The second-order valence-corrected chi connectivity index (χ2v) is 6.33. The average molecular weight is 288 g/mol.